The van der Waals surface area contributed by atoms with Gasteiger partial charge in [-0.15, -0.1) is 0 Å². The number of hydrogen-bond donors (Lipinski definition) is 34. The van der Waals surface area contributed by atoms with E-state index in [1.54, 1.807) is 0 Å². The number of rotatable bonds is 36. The minimum absolute atomic E-state index is 0.875. The SMILES string of the molecule is CC(=O)N[C@H]1[C@H](O[C@H]2[C@H](O)[C@@H](NC(C)=O)C(O)O[C@@H]2CO[C@@H]2O[C@@H](C)[C@@H](O)[C@@H](O)[C@@H]2O)O[C@H](CO)[C@@H](O[C@@H]2O[C@H](CO[C@H]3O[C@H](CO[C@@H]4O[C@H](CO)[C@@H](O[C@@H]5O[C@H](CO)[C@H](O)[C@H](O)[C@H]5O)[C@H](O)[C@H]4NC(C)=O)[C@@H](O)[C@H](O)[C@@H]3O[C@@H]3O[C@H](CO)[C@@H](O)[C@H](O)[C@H]3NC(C)=O)[C@@H](O)[C@H](O[C@H]3O[C@H](CO)[C@@H](O[C@@H]4O[C@H](CO)[C@@H](O)[C@H](O)[C@H]4NC(C)=O)[C@H](O)[C@@H]3O[C@@H]3O[C@H](CO)[C@@H](O)[C@H](O)[C@H]3NC(C)=O)[C@@H]2O)[C@@H]1O. The molecule has 11 rings (SSSR count). The molecule has 6 amide bonds. The molecule has 0 bridgehead atoms. The molecule has 0 spiro atoms. The van der Waals surface area contributed by atoms with Crippen LogP contribution in [0.2, 0.25) is 0 Å². The van der Waals surface area contributed by atoms with E-state index < -0.39 is 439 Å². The average Bonchev–Trinajstić information content (AvgIpc) is 0.759. The summed E-state index contributed by atoms with van der Waals surface area (Å²) in [4.78, 5) is 77.6. The molecule has 34 N–H and O–H groups in total. The first-order chi connectivity index (χ1) is 65.6. The number of ether oxygens (including phenoxy) is 21. The number of carbonyl (C=O) groups excluding carboxylic acids is 6. The second-order valence-corrected chi connectivity index (χ2v) is 35.3. The third kappa shape index (κ3) is 26.0. The van der Waals surface area contributed by atoms with E-state index in [0.717, 1.165) is 41.5 Å². The molecule has 0 aromatic carbocycles. The van der Waals surface area contributed by atoms with Gasteiger partial charge in [-0.05, 0) is 6.92 Å². The molecule has 0 saturated carbocycles. The van der Waals surface area contributed by atoms with E-state index >= 15 is 0 Å². The number of nitrogens with one attached hydrogen (secondary N) is 6. The van der Waals surface area contributed by atoms with Crippen LogP contribution >= 0.6 is 0 Å². The van der Waals surface area contributed by atoms with Crippen molar-refractivity contribution in [2.45, 2.75) is 386 Å². The first-order valence-electron chi connectivity index (χ1n) is 44.5. The highest BCUT2D eigenvalue weighted by Crippen LogP contribution is 2.42. The van der Waals surface area contributed by atoms with Crippen molar-refractivity contribution >= 4 is 35.4 Å². The third-order valence-electron chi connectivity index (χ3n) is 25.3. The molecule has 0 aliphatic carbocycles. The lowest BCUT2D eigenvalue weighted by Gasteiger charge is -2.52. The van der Waals surface area contributed by atoms with Gasteiger partial charge >= 0.3 is 0 Å². The Bertz CT molecular complexity index is 3900. The summed E-state index contributed by atoms with van der Waals surface area (Å²) in [7, 11) is 0. The maximum absolute atomic E-state index is 13.5. The van der Waals surface area contributed by atoms with Gasteiger partial charge in [-0.3, -0.25) is 28.8 Å². The fraction of sp³-hybridized carbons (Fsp3) is 0.923. The summed E-state index contributed by atoms with van der Waals surface area (Å²) in [5.41, 5.74) is 0. The Morgan fingerprint density at radius 1 is 0.201 bits per heavy atom. The van der Waals surface area contributed by atoms with E-state index in [9.17, 15) is 172 Å². The average molecular weight is 2030 g/mol. The van der Waals surface area contributed by atoms with Gasteiger partial charge in [-0.2, -0.15) is 0 Å². The van der Waals surface area contributed by atoms with E-state index in [-0.39, 0.29) is 0 Å². The number of aliphatic hydroxyl groups is 28. The van der Waals surface area contributed by atoms with Gasteiger partial charge in [0.05, 0.1) is 72.2 Å². The molecule has 55 atom stereocenters. The van der Waals surface area contributed by atoms with Crippen LogP contribution in [0.1, 0.15) is 48.5 Å². The summed E-state index contributed by atoms with van der Waals surface area (Å²) in [6, 6.07) is -11.5. The van der Waals surface area contributed by atoms with Crippen molar-refractivity contribution in [3.05, 3.63) is 0 Å². The molecule has 802 valence electrons. The Hall–Kier alpha value is -5.14. The number of carbonyl (C=O) groups is 6. The summed E-state index contributed by atoms with van der Waals surface area (Å²) in [5, 5.41) is 332. The summed E-state index contributed by atoms with van der Waals surface area (Å²) >= 11 is 0. The fourth-order valence-corrected chi connectivity index (χ4v) is 18.0. The lowest BCUT2D eigenvalue weighted by molar-refractivity contribution is -0.403. The largest absolute Gasteiger partial charge is 0.394 e. The predicted octanol–water partition coefficient (Wildman–Crippen LogP) is -23.1. The summed E-state index contributed by atoms with van der Waals surface area (Å²) < 4.78 is 127. The number of hydrogen-bond acceptors (Lipinski definition) is 55. The van der Waals surface area contributed by atoms with Gasteiger partial charge in [0.15, 0.2) is 69.2 Å². The maximum Gasteiger partial charge on any atom is 0.217 e. The second-order valence-electron chi connectivity index (χ2n) is 35.3. The van der Waals surface area contributed by atoms with E-state index in [2.05, 4.69) is 31.9 Å². The van der Waals surface area contributed by atoms with Crippen molar-refractivity contribution in [1.82, 2.24) is 31.9 Å². The van der Waals surface area contributed by atoms with E-state index in [4.69, 9.17) is 99.5 Å². The summed E-state index contributed by atoms with van der Waals surface area (Å²) in [6.07, 6.45) is -104. The van der Waals surface area contributed by atoms with Crippen molar-refractivity contribution in [2.75, 3.05) is 66.1 Å². The van der Waals surface area contributed by atoms with E-state index in [1.165, 1.54) is 6.92 Å². The predicted molar refractivity (Wildman–Crippen MR) is 430 cm³/mol. The lowest BCUT2D eigenvalue weighted by atomic mass is 9.93. The Morgan fingerprint density at radius 2 is 0.460 bits per heavy atom. The molecule has 11 fully saturated rings. The topological polar surface area (TPSA) is 935 Å². The number of aliphatic hydroxyl groups excluding tert-OH is 28. The second kappa shape index (κ2) is 50.0. The maximum atomic E-state index is 13.5. The molecule has 1 unspecified atom stereocenters. The molecule has 0 aromatic heterocycles. The zero-order valence-corrected chi connectivity index (χ0v) is 75.4. The fourth-order valence-electron chi connectivity index (χ4n) is 18.0. The van der Waals surface area contributed by atoms with Crippen molar-refractivity contribution in [1.29, 1.82) is 0 Å². The van der Waals surface area contributed by atoms with Crippen LogP contribution in [0.3, 0.4) is 0 Å². The normalized spacial score (nSPS) is 48.3. The van der Waals surface area contributed by atoms with Crippen LogP contribution in [0.25, 0.3) is 0 Å². The zero-order valence-electron chi connectivity index (χ0n) is 75.4. The first-order valence-corrected chi connectivity index (χ1v) is 44.5. The van der Waals surface area contributed by atoms with Gasteiger partial charge < -0.3 is 274 Å². The summed E-state index contributed by atoms with van der Waals surface area (Å²) in [6.45, 7) is -4.51. The minimum atomic E-state index is -2.75. The molecular weight excluding hydrogens is 1900 g/mol. The van der Waals surface area contributed by atoms with Gasteiger partial charge in [0, 0.05) is 41.5 Å². The first kappa shape index (κ1) is 114. The molecule has 139 heavy (non-hydrogen) atoms. The van der Waals surface area contributed by atoms with Crippen LogP contribution in [0.15, 0.2) is 0 Å². The highest BCUT2D eigenvalue weighted by Gasteiger charge is 2.63. The highest BCUT2D eigenvalue weighted by atomic mass is 16.8. The van der Waals surface area contributed by atoms with Crippen molar-refractivity contribution < 1.29 is 271 Å². The van der Waals surface area contributed by atoms with Crippen LogP contribution in [0.5, 0.6) is 0 Å². The van der Waals surface area contributed by atoms with E-state index in [0.29, 0.717) is 0 Å². The molecule has 11 aliphatic rings. The molecule has 61 heteroatoms. The Kier molecular flexibility index (Phi) is 41.1. The quantitative estimate of drug-likeness (QED) is 0.0277. The lowest BCUT2D eigenvalue weighted by Crippen LogP contribution is -2.71. The van der Waals surface area contributed by atoms with Gasteiger partial charge in [-0.25, -0.2) is 0 Å². The van der Waals surface area contributed by atoms with Crippen LogP contribution in [0.4, 0.5) is 0 Å². The minimum Gasteiger partial charge on any atom is -0.394 e. The van der Waals surface area contributed by atoms with Gasteiger partial charge in [-0.1, -0.05) is 0 Å². The monoisotopic (exact) mass is 2030 g/mol. The van der Waals surface area contributed by atoms with Crippen molar-refractivity contribution in [2.24, 2.45) is 0 Å². The van der Waals surface area contributed by atoms with Gasteiger partial charge in [0.25, 0.3) is 0 Å². The summed E-state index contributed by atoms with van der Waals surface area (Å²) in [5.74, 6) is -5.67. The van der Waals surface area contributed by atoms with E-state index in [1.807, 2.05) is 0 Å². The molecule has 0 radical (unpaired) electrons. The van der Waals surface area contributed by atoms with Gasteiger partial charge in [0.2, 0.25) is 35.4 Å². The molecule has 11 heterocycles. The standard InChI is InChI=1S/C78H130N6O55/c1-18-41(98)54(111)57(114)74(122-18)120-17-34-64(51(108)35(68(118)123-34)79-19(2)92)134-73-40(84-24(7)97)53(110)62(30(13-90)129-73)136-76-60(117)65(137-78-67(139-72-38(82-22(5)95)50(107)44(101)27(10-87)126-72)59(116)63(31(14-91)130-78)133-70-36(80-20(3)93)48(105)42(99)25(8-85)124-70)47(104)33(131-76)16-121-77-66(138-71-37(81-21(4)94)49(106)43(100)26(9-86)125-71)56(113)46(103)32(132-77)15-119-69-39(83-23(6)96)52(109)61(29(12-89)128-69)135-75-58(115)55(112)45(102)28(11-88)127-75/h18,25-78,85-91,98-118H,8-17H2,1-7H3,(H,79,92)(H,80,93)(H,81,94)(H,82,95)(H,83,96)(H,84,97)/t18-,25+,26+,27+,28+,29+,30+,31+,32+,33+,34+,35+,36+,37+,38+,39+,40+,41+,42+,43+,44+,45-,46+,47+,48+,49+,50+,51+,52+,53+,54+,55-,56-,57-,58+,59-,60-,61+,62+,63+,64+,65-,66-,67-,68?,69+,70-,71-,72-,73-,74+,75-,76-,77-,78+/m0/s1. The molecular formula is C78H130N6O55. The van der Waals surface area contributed by atoms with Crippen molar-refractivity contribution in [3.8, 4) is 0 Å². The molecule has 0 aromatic rings. The third-order valence-corrected chi connectivity index (χ3v) is 25.3. The molecule has 61 nitrogen and oxygen atoms in total. The number of amides is 6. The van der Waals surface area contributed by atoms with Crippen LogP contribution in [-0.4, -0.2) is 582 Å². The Morgan fingerprint density at radius 3 is 0.885 bits per heavy atom. The van der Waals surface area contributed by atoms with Crippen LogP contribution in [0, 0.1) is 0 Å². The molecule has 11 aliphatic heterocycles. The van der Waals surface area contributed by atoms with Crippen LogP contribution in [-0.2, 0) is 128 Å². The smallest absolute Gasteiger partial charge is 0.217 e. The van der Waals surface area contributed by atoms with Gasteiger partial charge in [0.1, 0.15) is 262 Å². The Labute approximate surface area is 788 Å². The highest BCUT2D eigenvalue weighted by molar-refractivity contribution is 5.75. The zero-order chi connectivity index (χ0) is 102. The van der Waals surface area contributed by atoms with Crippen LogP contribution < -0.4 is 31.9 Å². The molecule has 11 saturated heterocycles. The van der Waals surface area contributed by atoms with Crippen molar-refractivity contribution in [3.63, 3.8) is 0 Å². The Balaban J connectivity index is 0.983.